The number of benzene rings is 1. The Hall–Kier alpha value is -0.820. The molecule has 19 heavy (non-hydrogen) atoms. The number of carbonyl (C=O) groups is 1. The molecule has 0 bridgehead atoms. The minimum atomic E-state index is -0.238. The molecule has 4 nitrogen and oxygen atoms in total. The number of nitrogens with one attached hydrogen (secondary N) is 1. The van der Waals surface area contributed by atoms with Crippen molar-refractivity contribution in [1.82, 2.24) is 5.32 Å². The molecule has 0 spiro atoms. The van der Waals surface area contributed by atoms with Crippen LogP contribution in [0, 0.1) is 9.49 Å². The Balaban J connectivity index is 1.66. The van der Waals surface area contributed by atoms with Gasteiger partial charge in [0.1, 0.15) is 5.75 Å². The SMILES string of the molecule is O=C(NCCCOCC1CC1)c1cc(I)ccc1O. The van der Waals surface area contributed by atoms with Gasteiger partial charge in [-0.1, -0.05) is 0 Å². The van der Waals surface area contributed by atoms with Gasteiger partial charge in [-0.05, 0) is 66.0 Å². The number of halogens is 1. The van der Waals surface area contributed by atoms with E-state index >= 15 is 0 Å². The van der Waals surface area contributed by atoms with Gasteiger partial charge in [0.2, 0.25) is 0 Å². The van der Waals surface area contributed by atoms with Crippen LogP contribution in [0.3, 0.4) is 0 Å². The van der Waals surface area contributed by atoms with Crippen molar-refractivity contribution in [3.63, 3.8) is 0 Å². The second-order valence-corrected chi connectivity index (χ2v) is 6.03. The van der Waals surface area contributed by atoms with Crippen LogP contribution in [0.5, 0.6) is 5.75 Å². The fourth-order valence-corrected chi connectivity index (χ4v) is 2.19. The number of hydrogen-bond acceptors (Lipinski definition) is 3. The third-order valence-electron chi connectivity index (χ3n) is 3.00. The molecule has 5 heteroatoms. The highest BCUT2D eigenvalue weighted by atomic mass is 127. The average Bonchev–Trinajstić information content (AvgIpc) is 3.20. The molecule has 1 aromatic rings. The van der Waals surface area contributed by atoms with Crippen molar-refractivity contribution in [3.05, 3.63) is 27.3 Å². The molecule has 0 unspecified atom stereocenters. The van der Waals surface area contributed by atoms with Crippen LogP contribution in [-0.4, -0.2) is 30.8 Å². The Morgan fingerprint density at radius 1 is 1.47 bits per heavy atom. The van der Waals surface area contributed by atoms with Crippen LogP contribution in [-0.2, 0) is 4.74 Å². The van der Waals surface area contributed by atoms with E-state index in [1.807, 2.05) is 0 Å². The standard InChI is InChI=1S/C14H18INO3/c15-11-4-5-13(17)12(8-11)14(18)16-6-1-7-19-9-10-2-3-10/h4-5,8,10,17H,1-3,6-7,9H2,(H,16,18). The second-order valence-electron chi connectivity index (χ2n) is 4.79. The average molecular weight is 375 g/mol. The molecule has 0 aromatic heterocycles. The molecule has 1 amide bonds. The zero-order valence-corrected chi connectivity index (χ0v) is 12.9. The Morgan fingerprint density at radius 3 is 3.00 bits per heavy atom. The summed E-state index contributed by atoms with van der Waals surface area (Å²) < 4.78 is 6.41. The number of phenols is 1. The summed E-state index contributed by atoms with van der Waals surface area (Å²) >= 11 is 2.11. The largest absolute Gasteiger partial charge is 0.507 e. The summed E-state index contributed by atoms with van der Waals surface area (Å²) in [6.45, 7) is 2.09. The molecule has 1 fully saturated rings. The smallest absolute Gasteiger partial charge is 0.255 e. The van der Waals surface area contributed by atoms with E-state index in [1.165, 1.54) is 18.9 Å². The molecule has 2 rings (SSSR count). The first kappa shape index (κ1) is 14.6. The molecule has 1 aliphatic carbocycles. The van der Waals surface area contributed by atoms with Gasteiger partial charge in [0.05, 0.1) is 5.56 Å². The van der Waals surface area contributed by atoms with Gasteiger partial charge in [0.25, 0.3) is 5.91 Å². The summed E-state index contributed by atoms with van der Waals surface area (Å²) in [6, 6.07) is 4.97. The van der Waals surface area contributed by atoms with Gasteiger partial charge in [-0.2, -0.15) is 0 Å². The zero-order chi connectivity index (χ0) is 13.7. The van der Waals surface area contributed by atoms with Gasteiger partial charge < -0.3 is 15.2 Å². The molecule has 0 aliphatic heterocycles. The highest BCUT2D eigenvalue weighted by molar-refractivity contribution is 14.1. The van der Waals surface area contributed by atoms with E-state index in [0.717, 1.165) is 22.5 Å². The first-order valence-electron chi connectivity index (χ1n) is 6.51. The van der Waals surface area contributed by atoms with E-state index in [2.05, 4.69) is 27.9 Å². The second kappa shape index (κ2) is 7.09. The maximum Gasteiger partial charge on any atom is 0.255 e. The fraction of sp³-hybridized carbons (Fsp3) is 0.500. The lowest BCUT2D eigenvalue weighted by atomic mass is 10.2. The normalized spacial score (nSPS) is 14.4. The van der Waals surface area contributed by atoms with Gasteiger partial charge in [-0.15, -0.1) is 0 Å². The minimum absolute atomic E-state index is 0.0166. The zero-order valence-electron chi connectivity index (χ0n) is 10.7. The number of hydrogen-bond donors (Lipinski definition) is 2. The van der Waals surface area contributed by atoms with Gasteiger partial charge in [0.15, 0.2) is 0 Å². The summed E-state index contributed by atoms with van der Waals surface area (Å²) in [5, 5.41) is 12.4. The molecule has 2 N–H and O–H groups in total. The monoisotopic (exact) mass is 375 g/mol. The fourth-order valence-electron chi connectivity index (χ4n) is 1.70. The summed E-state index contributed by atoms with van der Waals surface area (Å²) in [5.41, 5.74) is 0.325. The van der Waals surface area contributed by atoms with E-state index in [0.29, 0.717) is 18.7 Å². The van der Waals surface area contributed by atoms with Crippen molar-refractivity contribution in [2.45, 2.75) is 19.3 Å². The van der Waals surface area contributed by atoms with Crippen molar-refractivity contribution < 1.29 is 14.6 Å². The Bertz CT molecular complexity index is 446. The molecular formula is C14H18INO3. The van der Waals surface area contributed by atoms with Crippen molar-refractivity contribution in [3.8, 4) is 5.75 Å². The van der Waals surface area contributed by atoms with Gasteiger partial charge in [-0.25, -0.2) is 0 Å². The highest BCUT2D eigenvalue weighted by Crippen LogP contribution is 2.28. The van der Waals surface area contributed by atoms with Crippen molar-refractivity contribution in [2.24, 2.45) is 5.92 Å². The predicted molar refractivity (Wildman–Crippen MR) is 81.3 cm³/mol. The summed E-state index contributed by atoms with van der Waals surface area (Å²) in [6.07, 6.45) is 3.38. The lowest BCUT2D eigenvalue weighted by Crippen LogP contribution is -2.25. The quantitative estimate of drug-likeness (QED) is 0.569. The van der Waals surface area contributed by atoms with Crippen LogP contribution in [0.2, 0.25) is 0 Å². The molecule has 0 radical (unpaired) electrons. The lowest BCUT2D eigenvalue weighted by Gasteiger charge is -2.07. The molecule has 0 heterocycles. The van der Waals surface area contributed by atoms with Crippen LogP contribution < -0.4 is 5.32 Å². The Morgan fingerprint density at radius 2 is 2.26 bits per heavy atom. The molecule has 1 aliphatic rings. The van der Waals surface area contributed by atoms with E-state index in [1.54, 1.807) is 12.1 Å². The van der Waals surface area contributed by atoms with Crippen LogP contribution in [0.1, 0.15) is 29.6 Å². The van der Waals surface area contributed by atoms with Crippen LogP contribution in [0.4, 0.5) is 0 Å². The van der Waals surface area contributed by atoms with Crippen LogP contribution >= 0.6 is 22.6 Å². The van der Waals surface area contributed by atoms with Gasteiger partial charge >= 0.3 is 0 Å². The van der Waals surface area contributed by atoms with E-state index in [9.17, 15) is 9.90 Å². The number of carbonyl (C=O) groups excluding carboxylic acids is 1. The van der Waals surface area contributed by atoms with Gasteiger partial charge in [-0.3, -0.25) is 4.79 Å². The third-order valence-corrected chi connectivity index (χ3v) is 3.68. The Labute approximate surface area is 126 Å². The maximum atomic E-state index is 11.9. The number of phenolic OH excluding ortho intramolecular Hbond substituents is 1. The van der Waals surface area contributed by atoms with E-state index < -0.39 is 0 Å². The molecular weight excluding hydrogens is 357 g/mol. The lowest BCUT2D eigenvalue weighted by molar-refractivity contribution is 0.0935. The number of aromatic hydroxyl groups is 1. The number of amides is 1. The summed E-state index contributed by atoms with van der Waals surface area (Å²) in [4.78, 5) is 11.9. The first-order valence-corrected chi connectivity index (χ1v) is 7.59. The van der Waals surface area contributed by atoms with Gasteiger partial charge in [0, 0.05) is 23.3 Å². The van der Waals surface area contributed by atoms with E-state index in [4.69, 9.17) is 4.74 Å². The molecule has 0 atom stereocenters. The highest BCUT2D eigenvalue weighted by Gasteiger charge is 2.20. The van der Waals surface area contributed by atoms with Crippen molar-refractivity contribution in [1.29, 1.82) is 0 Å². The summed E-state index contributed by atoms with van der Waals surface area (Å²) in [5.74, 6) is 0.555. The number of rotatable bonds is 7. The molecule has 0 saturated heterocycles. The number of ether oxygens (including phenoxy) is 1. The maximum absolute atomic E-state index is 11.9. The topological polar surface area (TPSA) is 58.6 Å². The summed E-state index contributed by atoms with van der Waals surface area (Å²) in [7, 11) is 0. The van der Waals surface area contributed by atoms with E-state index in [-0.39, 0.29) is 11.7 Å². The predicted octanol–water partition coefficient (Wildman–Crippen LogP) is 2.54. The Kier molecular flexibility index (Phi) is 5.45. The van der Waals surface area contributed by atoms with Crippen molar-refractivity contribution in [2.75, 3.05) is 19.8 Å². The van der Waals surface area contributed by atoms with Crippen LogP contribution in [0.25, 0.3) is 0 Å². The molecule has 1 aromatic carbocycles. The molecule has 104 valence electrons. The van der Waals surface area contributed by atoms with Crippen molar-refractivity contribution >= 4 is 28.5 Å². The molecule has 1 saturated carbocycles. The minimum Gasteiger partial charge on any atom is -0.507 e. The third kappa shape index (κ3) is 4.99. The first-order chi connectivity index (χ1) is 9.16. The van der Waals surface area contributed by atoms with Crippen LogP contribution in [0.15, 0.2) is 18.2 Å².